The second-order valence-electron chi connectivity index (χ2n) is 7.08. The molecule has 2 rings (SSSR count). The Labute approximate surface area is 142 Å². The van der Waals surface area contributed by atoms with Gasteiger partial charge in [0.2, 0.25) is 0 Å². The molecule has 1 saturated heterocycles. The van der Waals surface area contributed by atoms with E-state index >= 15 is 0 Å². The predicted molar refractivity (Wildman–Crippen MR) is 90.6 cm³/mol. The first-order chi connectivity index (χ1) is 11.1. The molecule has 1 unspecified atom stereocenters. The molecule has 0 saturated carbocycles. The van der Waals surface area contributed by atoms with Gasteiger partial charge in [-0.15, -0.1) is 0 Å². The van der Waals surface area contributed by atoms with Gasteiger partial charge in [0.25, 0.3) is 5.91 Å². The fourth-order valence-electron chi connectivity index (χ4n) is 2.41. The Morgan fingerprint density at radius 1 is 1.29 bits per heavy atom. The third-order valence-corrected chi connectivity index (χ3v) is 4.62. The third kappa shape index (κ3) is 3.73. The highest BCUT2D eigenvalue weighted by Crippen LogP contribution is 2.36. The SMILES string of the molecule is CCCC(Oc1cc(B2OC(C)(C)C(C)(C)O2)ccc1F)C(N)=O. The number of carbonyl (C=O) groups is 1. The molecule has 1 aromatic carbocycles. The molecule has 1 aromatic rings. The molecule has 1 atom stereocenters. The zero-order chi connectivity index (χ0) is 18.1. The summed E-state index contributed by atoms with van der Waals surface area (Å²) in [5.74, 6) is -1.20. The smallest absolute Gasteiger partial charge is 0.478 e. The van der Waals surface area contributed by atoms with Crippen LogP contribution in [0.2, 0.25) is 0 Å². The second kappa shape index (κ2) is 6.72. The van der Waals surface area contributed by atoms with Crippen LogP contribution in [-0.4, -0.2) is 30.3 Å². The number of primary amides is 1. The van der Waals surface area contributed by atoms with E-state index in [-0.39, 0.29) is 5.75 Å². The van der Waals surface area contributed by atoms with Crippen molar-refractivity contribution in [3.8, 4) is 5.75 Å². The summed E-state index contributed by atoms with van der Waals surface area (Å²) in [5, 5.41) is 0. The van der Waals surface area contributed by atoms with Crippen molar-refractivity contribution in [3.05, 3.63) is 24.0 Å². The highest BCUT2D eigenvalue weighted by atomic mass is 19.1. The Morgan fingerprint density at radius 3 is 2.38 bits per heavy atom. The van der Waals surface area contributed by atoms with Crippen LogP contribution in [0.5, 0.6) is 5.75 Å². The minimum absolute atomic E-state index is 0.0283. The maximum atomic E-state index is 14.1. The van der Waals surface area contributed by atoms with E-state index in [0.29, 0.717) is 18.3 Å². The molecule has 2 N–H and O–H groups in total. The van der Waals surface area contributed by atoms with Crippen molar-refractivity contribution in [2.24, 2.45) is 5.73 Å². The summed E-state index contributed by atoms with van der Waals surface area (Å²) < 4.78 is 31.5. The number of halogens is 1. The van der Waals surface area contributed by atoms with Crippen molar-refractivity contribution >= 4 is 18.5 Å². The number of benzene rings is 1. The van der Waals surface area contributed by atoms with Crippen LogP contribution < -0.4 is 15.9 Å². The standard InChI is InChI=1S/C17H25BFNO4/c1-6-7-13(15(20)21)22-14-10-11(8-9-12(14)19)18-23-16(2,3)17(4,5)24-18/h8-10,13H,6-7H2,1-5H3,(H2,20,21). The number of ether oxygens (including phenoxy) is 1. The number of amides is 1. The molecule has 0 aromatic heterocycles. The normalized spacial score (nSPS) is 20.0. The van der Waals surface area contributed by atoms with E-state index in [4.69, 9.17) is 19.8 Å². The van der Waals surface area contributed by atoms with Gasteiger partial charge in [-0.1, -0.05) is 19.4 Å². The van der Waals surface area contributed by atoms with Crippen LogP contribution >= 0.6 is 0 Å². The first-order valence-electron chi connectivity index (χ1n) is 8.18. The molecule has 7 heteroatoms. The van der Waals surface area contributed by atoms with Crippen molar-refractivity contribution in [2.75, 3.05) is 0 Å². The summed E-state index contributed by atoms with van der Waals surface area (Å²) >= 11 is 0. The number of nitrogens with two attached hydrogens (primary N) is 1. The Balaban J connectivity index is 2.25. The van der Waals surface area contributed by atoms with E-state index in [0.717, 1.165) is 0 Å². The highest BCUT2D eigenvalue weighted by Gasteiger charge is 2.51. The van der Waals surface area contributed by atoms with Crippen LogP contribution in [0, 0.1) is 5.82 Å². The largest absolute Gasteiger partial charge is 0.494 e. The molecule has 1 aliphatic rings. The van der Waals surface area contributed by atoms with E-state index in [9.17, 15) is 9.18 Å². The monoisotopic (exact) mass is 337 g/mol. The maximum Gasteiger partial charge on any atom is 0.494 e. The van der Waals surface area contributed by atoms with Gasteiger partial charge in [0.1, 0.15) is 0 Å². The van der Waals surface area contributed by atoms with Gasteiger partial charge in [-0.3, -0.25) is 4.79 Å². The summed E-state index contributed by atoms with van der Waals surface area (Å²) in [7, 11) is -0.629. The summed E-state index contributed by atoms with van der Waals surface area (Å²) in [6, 6.07) is 4.37. The zero-order valence-electron chi connectivity index (χ0n) is 14.9. The minimum Gasteiger partial charge on any atom is -0.478 e. The molecule has 0 bridgehead atoms. The molecule has 0 spiro atoms. The fourth-order valence-corrected chi connectivity index (χ4v) is 2.41. The van der Waals surface area contributed by atoms with Gasteiger partial charge in [-0.2, -0.15) is 0 Å². The summed E-state index contributed by atoms with van der Waals surface area (Å²) in [6.45, 7) is 9.67. The van der Waals surface area contributed by atoms with Gasteiger partial charge in [0.15, 0.2) is 17.7 Å². The van der Waals surface area contributed by atoms with Gasteiger partial charge in [-0.25, -0.2) is 4.39 Å². The molecule has 1 amide bonds. The number of rotatable bonds is 6. The van der Waals surface area contributed by atoms with E-state index in [1.54, 1.807) is 6.07 Å². The van der Waals surface area contributed by atoms with Crippen LogP contribution in [0.15, 0.2) is 18.2 Å². The van der Waals surface area contributed by atoms with Crippen LogP contribution in [0.25, 0.3) is 0 Å². The lowest BCUT2D eigenvalue weighted by Gasteiger charge is -2.32. The maximum absolute atomic E-state index is 14.1. The van der Waals surface area contributed by atoms with E-state index in [1.165, 1.54) is 12.1 Å². The summed E-state index contributed by atoms with van der Waals surface area (Å²) in [4.78, 5) is 11.4. The lowest BCUT2D eigenvalue weighted by atomic mass is 9.79. The Hall–Kier alpha value is -1.60. The topological polar surface area (TPSA) is 70.8 Å². The van der Waals surface area contributed by atoms with Crippen molar-refractivity contribution in [1.82, 2.24) is 0 Å². The zero-order valence-corrected chi connectivity index (χ0v) is 14.9. The minimum atomic E-state index is -0.863. The van der Waals surface area contributed by atoms with Gasteiger partial charge in [0, 0.05) is 0 Å². The molecule has 1 heterocycles. The molecule has 0 aliphatic carbocycles. The molecular formula is C17H25BFNO4. The molecular weight excluding hydrogens is 312 g/mol. The molecule has 132 valence electrons. The van der Waals surface area contributed by atoms with E-state index < -0.39 is 36.1 Å². The first-order valence-corrected chi connectivity index (χ1v) is 8.18. The van der Waals surface area contributed by atoms with Crippen LogP contribution in [0.1, 0.15) is 47.5 Å². The Morgan fingerprint density at radius 2 is 1.88 bits per heavy atom. The lowest BCUT2D eigenvalue weighted by molar-refractivity contribution is -0.125. The van der Waals surface area contributed by atoms with Crippen molar-refractivity contribution in [1.29, 1.82) is 0 Å². The Bertz CT molecular complexity index is 605. The van der Waals surface area contributed by atoms with Crippen LogP contribution in [0.4, 0.5) is 4.39 Å². The lowest BCUT2D eigenvalue weighted by Crippen LogP contribution is -2.41. The third-order valence-electron chi connectivity index (χ3n) is 4.62. The molecule has 1 fully saturated rings. The first kappa shape index (κ1) is 18.7. The average molecular weight is 337 g/mol. The van der Waals surface area contributed by atoms with Crippen LogP contribution in [-0.2, 0) is 14.1 Å². The Kier molecular flexibility index (Phi) is 5.25. The van der Waals surface area contributed by atoms with Gasteiger partial charge >= 0.3 is 7.12 Å². The number of hydrogen-bond acceptors (Lipinski definition) is 4. The number of carbonyl (C=O) groups excluding carboxylic acids is 1. The summed E-state index contributed by atoms with van der Waals surface area (Å²) in [5.41, 5.74) is 4.96. The van der Waals surface area contributed by atoms with Gasteiger partial charge in [-0.05, 0) is 51.7 Å². The highest BCUT2D eigenvalue weighted by molar-refractivity contribution is 6.62. The molecule has 24 heavy (non-hydrogen) atoms. The van der Waals surface area contributed by atoms with Gasteiger partial charge < -0.3 is 19.8 Å². The molecule has 1 aliphatic heterocycles. The average Bonchev–Trinajstić information content (AvgIpc) is 2.69. The fraction of sp³-hybridized carbons (Fsp3) is 0.588. The van der Waals surface area contributed by atoms with Crippen molar-refractivity contribution in [3.63, 3.8) is 0 Å². The van der Waals surface area contributed by atoms with E-state index in [2.05, 4.69) is 0 Å². The predicted octanol–water partition coefficient (Wildman–Crippen LogP) is 2.16. The summed E-state index contributed by atoms with van der Waals surface area (Å²) in [6.07, 6.45) is 0.264. The van der Waals surface area contributed by atoms with Gasteiger partial charge in [0.05, 0.1) is 11.2 Å². The molecule has 0 radical (unpaired) electrons. The molecule has 5 nitrogen and oxygen atoms in total. The van der Waals surface area contributed by atoms with E-state index in [1.807, 2.05) is 34.6 Å². The quantitative estimate of drug-likeness (QED) is 0.808. The van der Waals surface area contributed by atoms with Crippen molar-refractivity contribution in [2.45, 2.75) is 64.8 Å². The van der Waals surface area contributed by atoms with Crippen LogP contribution in [0.3, 0.4) is 0 Å². The number of hydrogen-bond donors (Lipinski definition) is 1. The second-order valence-corrected chi connectivity index (χ2v) is 7.08. The van der Waals surface area contributed by atoms with Crippen molar-refractivity contribution < 1.29 is 23.2 Å².